The van der Waals surface area contributed by atoms with Crippen molar-refractivity contribution in [3.8, 4) is 0 Å². The number of sulfonamides is 1. The fourth-order valence-corrected chi connectivity index (χ4v) is 4.28. The van der Waals surface area contributed by atoms with Crippen LogP contribution in [0.3, 0.4) is 0 Å². The molecule has 0 aromatic heterocycles. The van der Waals surface area contributed by atoms with Gasteiger partial charge in [0.25, 0.3) is 10.0 Å². The Morgan fingerprint density at radius 3 is 2.43 bits per heavy atom. The van der Waals surface area contributed by atoms with Crippen LogP contribution in [0, 0.1) is 12.3 Å². The molecule has 0 spiro atoms. The number of rotatable bonds is 3. The zero-order valence-corrected chi connectivity index (χ0v) is 14.8. The van der Waals surface area contributed by atoms with Gasteiger partial charge in [-0.2, -0.15) is 12.8 Å². The van der Waals surface area contributed by atoms with Gasteiger partial charge in [0.05, 0.1) is 4.90 Å². The van der Waals surface area contributed by atoms with Crippen molar-refractivity contribution in [3.05, 3.63) is 52.6 Å². The Morgan fingerprint density at radius 2 is 1.74 bits per heavy atom. The molecule has 1 saturated carbocycles. The maximum atomic E-state index is 12.4. The lowest BCUT2D eigenvalue weighted by atomic mass is 9.85. The van der Waals surface area contributed by atoms with Crippen LogP contribution < -0.4 is 0 Å². The van der Waals surface area contributed by atoms with E-state index in [9.17, 15) is 8.42 Å². The van der Waals surface area contributed by atoms with E-state index in [1.807, 2.05) is 6.92 Å². The number of hydrogen-bond donors (Lipinski definition) is 0. The molecule has 1 fully saturated rings. The summed E-state index contributed by atoms with van der Waals surface area (Å²) in [5.74, 6) is 0. The van der Waals surface area contributed by atoms with Gasteiger partial charge in [-0.25, -0.2) is 0 Å². The SMILES string of the molecule is Cc1ccc(S(=O)(=O)/N=C/C2=C3CCCCC3=CC2(C)C)cc1. The van der Waals surface area contributed by atoms with Gasteiger partial charge in [0.15, 0.2) is 0 Å². The first kappa shape index (κ1) is 16.2. The van der Waals surface area contributed by atoms with Gasteiger partial charge in [0, 0.05) is 11.6 Å². The summed E-state index contributed by atoms with van der Waals surface area (Å²) in [6, 6.07) is 6.82. The highest BCUT2D eigenvalue weighted by Crippen LogP contribution is 2.45. The van der Waals surface area contributed by atoms with E-state index in [-0.39, 0.29) is 10.3 Å². The van der Waals surface area contributed by atoms with Crippen LogP contribution in [0.5, 0.6) is 0 Å². The quantitative estimate of drug-likeness (QED) is 0.761. The van der Waals surface area contributed by atoms with Gasteiger partial charge in [-0.15, -0.1) is 0 Å². The highest BCUT2D eigenvalue weighted by atomic mass is 32.2. The van der Waals surface area contributed by atoms with E-state index in [2.05, 4.69) is 24.3 Å². The molecule has 23 heavy (non-hydrogen) atoms. The van der Waals surface area contributed by atoms with Crippen LogP contribution in [-0.4, -0.2) is 14.6 Å². The smallest absolute Gasteiger partial charge is 0.199 e. The molecule has 0 amide bonds. The Labute approximate surface area is 138 Å². The lowest BCUT2D eigenvalue weighted by Crippen LogP contribution is -2.11. The molecule has 3 rings (SSSR count). The molecule has 0 bridgehead atoms. The Kier molecular flexibility index (Phi) is 4.05. The van der Waals surface area contributed by atoms with E-state index in [0.29, 0.717) is 0 Å². The van der Waals surface area contributed by atoms with Crippen molar-refractivity contribution in [2.45, 2.75) is 51.3 Å². The summed E-state index contributed by atoms with van der Waals surface area (Å²) < 4.78 is 28.8. The second-order valence-corrected chi connectivity index (χ2v) is 8.65. The summed E-state index contributed by atoms with van der Waals surface area (Å²) in [5.41, 5.74) is 4.65. The molecule has 2 aliphatic rings. The van der Waals surface area contributed by atoms with Crippen LogP contribution in [0.15, 0.2) is 56.4 Å². The molecule has 4 heteroatoms. The molecule has 0 N–H and O–H groups in total. The monoisotopic (exact) mass is 329 g/mol. The third-order valence-corrected chi connectivity index (χ3v) is 5.96. The molecule has 0 aliphatic heterocycles. The molecule has 0 heterocycles. The van der Waals surface area contributed by atoms with E-state index in [0.717, 1.165) is 24.0 Å². The third kappa shape index (κ3) is 3.18. The summed E-state index contributed by atoms with van der Waals surface area (Å²) >= 11 is 0. The second-order valence-electron chi connectivity index (χ2n) is 7.01. The van der Waals surface area contributed by atoms with Gasteiger partial charge < -0.3 is 0 Å². The maximum Gasteiger partial charge on any atom is 0.282 e. The summed E-state index contributed by atoms with van der Waals surface area (Å²) in [4.78, 5) is 0.248. The minimum Gasteiger partial charge on any atom is -0.199 e. The standard InChI is InChI=1S/C19H23NO2S/c1-14-8-10-16(11-9-14)23(21,22)20-13-18-17-7-5-4-6-15(17)12-19(18,2)3/h8-13H,4-7H2,1-3H3/b20-13+. The van der Waals surface area contributed by atoms with Crippen LogP contribution in [0.4, 0.5) is 0 Å². The lowest BCUT2D eigenvalue weighted by molar-refractivity contribution is 0.597. The van der Waals surface area contributed by atoms with Crippen LogP contribution in [0.25, 0.3) is 0 Å². The first-order chi connectivity index (χ1) is 10.8. The van der Waals surface area contributed by atoms with Gasteiger partial charge in [-0.1, -0.05) is 37.6 Å². The number of benzene rings is 1. The second kappa shape index (κ2) is 5.75. The lowest BCUT2D eigenvalue weighted by Gasteiger charge is -2.19. The number of fused-ring (bicyclic) bond motifs is 1. The van der Waals surface area contributed by atoms with Crippen molar-refractivity contribution < 1.29 is 8.42 Å². The molecule has 0 unspecified atom stereocenters. The minimum absolute atomic E-state index is 0.138. The highest BCUT2D eigenvalue weighted by Gasteiger charge is 2.32. The molecular formula is C19H23NO2S. The van der Waals surface area contributed by atoms with Crippen molar-refractivity contribution in [2.24, 2.45) is 9.81 Å². The highest BCUT2D eigenvalue weighted by molar-refractivity contribution is 7.90. The van der Waals surface area contributed by atoms with Crippen molar-refractivity contribution in [2.75, 3.05) is 0 Å². The fraction of sp³-hybridized carbons (Fsp3) is 0.421. The van der Waals surface area contributed by atoms with Gasteiger partial charge in [-0.05, 0) is 61.5 Å². The van der Waals surface area contributed by atoms with Crippen LogP contribution in [0.2, 0.25) is 0 Å². The fourth-order valence-electron chi connectivity index (χ4n) is 3.44. The van der Waals surface area contributed by atoms with Gasteiger partial charge in [-0.3, -0.25) is 0 Å². The third-order valence-electron chi connectivity index (χ3n) is 4.70. The maximum absolute atomic E-state index is 12.4. The van der Waals surface area contributed by atoms with Crippen LogP contribution in [-0.2, 0) is 10.0 Å². The van der Waals surface area contributed by atoms with Crippen LogP contribution >= 0.6 is 0 Å². The average molecular weight is 329 g/mol. The number of allylic oxidation sites excluding steroid dienone is 4. The molecule has 0 atom stereocenters. The first-order valence-corrected chi connectivity index (χ1v) is 9.56. The van der Waals surface area contributed by atoms with E-state index >= 15 is 0 Å². The number of nitrogens with zero attached hydrogens (tertiary/aromatic N) is 1. The Balaban J connectivity index is 1.94. The summed E-state index contributed by atoms with van der Waals surface area (Å²) in [6.45, 7) is 6.19. The molecule has 2 aliphatic carbocycles. The molecule has 0 radical (unpaired) electrons. The zero-order valence-electron chi connectivity index (χ0n) is 14.0. The van der Waals surface area contributed by atoms with E-state index in [1.54, 1.807) is 30.5 Å². The minimum atomic E-state index is -3.64. The largest absolute Gasteiger partial charge is 0.282 e. The van der Waals surface area contributed by atoms with E-state index in [1.165, 1.54) is 24.0 Å². The molecule has 1 aromatic carbocycles. The predicted octanol–water partition coefficient (Wildman–Crippen LogP) is 4.59. The first-order valence-electron chi connectivity index (χ1n) is 8.12. The summed E-state index contributed by atoms with van der Waals surface area (Å²) in [7, 11) is -3.64. The normalized spacial score (nSPS) is 20.7. The average Bonchev–Trinajstić information content (AvgIpc) is 2.75. The molecule has 1 aromatic rings. The molecular weight excluding hydrogens is 306 g/mol. The Bertz CT molecular complexity index is 809. The Morgan fingerprint density at radius 1 is 1.09 bits per heavy atom. The number of aryl methyl sites for hydroxylation is 1. The van der Waals surface area contributed by atoms with Gasteiger partial charge >= 0.3 is 0 Å². The summed E-state index contributed by atoms with van der Waals surface area (Å²) in [5, 5.41) is 0. The van der Waals surface area contributed by atoms with E-state index in [4.69, 9.17) is 0 Å². The van der Waals surface area contributed by atoms with Crippen molar-refractivity contribution in [1.29, 1.82) is 0 Å². The zero-order chi connectivity index (χ0) is 16.7. The van der Waals surface area contributed by atoms with Crippen molar-refractivity contribution in [1.82, 2.24) is 0 Å². The topological polar surface area (TPSA) is 46.5 Å². The number of hydrogen-bond acceptors (Lipinski definition) is 2. The van der Waals surface area contributed by atoms with E-state index < -0.39 is 10.0 Å². The van der Waals surface area contributed by atoms with Crippen molar-refractivity contribution >= 4 is 16.2 Å². The van der Waals surface area contributed by atoms with Crippen LogP contribution in [0.1, 0.15) is 45.1 Å². The van der Waals surface area contributed by atoms with Crippen molar-refractivity contribution in [3.63, 3.8) is 0 Å². The van der Waals surface area contributed by atoms with Gasteiger partial charge in [0.1, 0.15) is 0 Å². The molecule has 0 saturated heterocycles. The summed E-state index contributed by atoms with van der Waals surface area (Å²) in [6.07, 6.45) is 8.38. The molecule has 3 nitrogen and oxygen atoms in total. The predicted molar refractivity (Wildman–Crippen MR) is 94.2 cm³/mol. The van der Waals surface area contributed by atoms with Gasteiger partial charge in [0.2, 0.25) is 0 Å². The Hall–Kier alpha value is -1.68. The molecule has 122 valence electrons.